The first-order valence-electron chi connectivity index (χ1n) is 7.15. The zero-order chi connectivity index (χ0) is 17.8. The lowest BCUT2D eigenvalue weighted by Gasteiger charge is -2.47. The summed E-state index contributed by atoms with van der Waals surface area (Å²) in [5.41, 5.74) is 3.37. The fourth-order valence-corrected chi connectivity index (χ4v) is 3.33. The van der Waals surface area contributed by atoms with Crippen LogP contribution in [0.4, 0.5) is 0 Å². The Kier molecular flexibility index (Phi) is 7.37. The Morgan fingerprint density at radius 3 is 1.86 bits per heavy atom. The van der Waals surface area contributed by atoms with Crippen LogP contribution in [0.2, 0.25) is 6.04 Å². The number of Topliss-reactive ketones (excluding diaryl/α,β-unsaturated/α-hetero) is 1. The summed E-state index contributed by atoms with van der Waals surface area (Å²) in [6, 6.07) is 0.536. The molecule has 0 rings (SSSR count). The van der Waals surface area contributed by atoms with E-state index in [1.807, 2.05) is 0 Å². The zero-order valence-corrected chi connectivity index (χ0v) is 16.6. The fraction of sp³-hybridized carbons (Fsp3) is 0.857. The lowest BCUT2D eigenvalue weighted by Crippen LogP contribution is -2.73. The van der Waals surface area contributed by atoms with Gasteiger partial charge in [0.2, 0.25) is 5.79 Å². The first-order valence-corrected chi connectivity index (χ1v) is 8.56. The fourth-order valence-electron chi connectivity index (χ4n) is 2.45. The van der Waals surface area contributed by atoms with Crippen molar-refractivity contribution in [2.24, 2.45) is 11.1 Å². The van der Waals surface area contributed by atoms with Gasteiger partial charge in [-0.05, 0) is 6.04 Å². The molecule has 0 bridgehead atoms. The average Bonchev–Trinajstić information content (AvgIpc) is 2.43. The summed E-state index contributed by atoms with van der Waals surface area (Å²) in [6.07, 6.45) is -1.11. The van der Waals surface area contributed by atoms with E-state index in [0.717, 1.165) is 10.2 Å². The highest BCUT2D eigenvalue weighted by Crippen LogP contribution is 2.36. The second-order valence-electron chi connectivity index (χ2n) is 6.33. The summed E-state index contributed by atoms with van der Waals surface area (Å²) >= 11 is 0. The van der Waals surface area contributed by atoms with Gasteiger partial charge in [-0.1, -0.05) is 20.8 Å². The molecule has 0 aliphatic carbocycles. The van der Waals surface area contributed by atoms with Gasteiger partial charge in [0.05, 0.1) is 0 Å². The van der Waals surface area contributed by atoms with E-state index in [1.165, 1.54) is 21.3 Å². The van der Waals surface area contributed by atoms with Crippen LogP contribution < -0.4 is 5.73 Å². The van der Waals surface area contributed by atoms with Crippen LogP contribution in [0.25, 0.3) is 0 Å². The molecule has 0 radical (unpaired) electrons. The quantitative estimate of drug-likeness (QED) is 0.434. The summed E-state index contributed by atoms with van der Waals surface area (Å²) in [6.45, 7) is 5.12. The molecule has 8 heteroatoms. The second-order valence-corrected chi connectivity index (χ2v) is 7.15. The van der Waals surface area contributed by atoms with E-state index in [-0.39, 0.29) is 5.78 Å². The maximum Gasteiger partial charge on any atom is 0.329 e. The molecule has 0 aromatic rings. The molecule has 7 nitrogen and oxygen atoms in total. The van der Waals surface area contributed by atoms with Gasteiger partial charge in [0.25, 0.3) is 0 Å². The third-order valence-corrected chi connectivity index (χ3v) is 4.71. The third-order valence-electron chi connectivity index (χ3n) is 3.97. The molecule has 0 aromatic carbocycles. The summed E-state index contributed by atoms with van der Waals surface area (Å²) in [4.78, 5) is 24.3. The van der Waals surface area contributed by atoms with Crippen LogP contribution in [0.15, 0.2) is 0 Å². The summed E-state index contributed by atoms with van der Waals surface area (Å²) in [5.74, 6) is -3.42. The Labute approximate surface area is 134 Å². The Bertz CT molecular complexity index is 401. The standard InChI is InChI=1S/C14H29NO6Si/c1-12(2,3)9(16)7-13(15,11(17)18)14(20-5,21-6)10(8-22)19-4/h10H,7-8,15H2,1-6,22H3,(H,17,18). The number of carboxylic acid groups (broad SMARTS) is 1. The van der Waals surface area contributed by atoms with E-state index in [4.69, 9.17) is 19.9 Å². The molecule has 0 fully saturated rings. The predicted molar refractivity (Wildman–Crippen MR) is 85.9 cm³/mol. The summed E-state index contributed by atoms with van der Waals surface area (Å²) in [7, 11) is 4.77. The number of hydrogen-bond donors (Lipinski definition) is 2. The SMILES string of the molecule is COC(C[SiH3])C(OC)(OC)C(N)(CC(=O)C(C)(C)C)C(=O)O. The Morgan fingerprint density at radius 1 is 1.18 bits per heavy atom. The summed E-state index contributed by atoms with van der Waals surface area (Å²) in [5, 5.41) is 9.70. The van der Waals surface area contributed by atoms with E-state index >= 15 is 0 Å². The average molecular weight is 335 g/mol. The molecule has 0 heterocycles. The molecule has 0 saturated heterocycles. The minimum absolute atomic E-state index is 0.293. The van der Waals surface area contributed by atoms with Crippen LogP contribution in [0.1, 0.15) is 27.2 Å². The molecule has 0 amide bonds. The van der Waals surface area contributed by atoms with Crippen LogP contribution in [-0.2, 0) is 23.8 Å². The number of ketones is 1. The number of carboxylic acids is 1. The van der Waals surface area contributed by atoms with Crippen molar-refractivity contribution in [3.05, 3.63) is 0 Å². The van der Waals surface area contributed by atoms with Crippen LogP contribution in [-0.4, -0.2) is 65.9 Å². The molecule has 22 heavy (non-hydrogen) atoms. The van der Waals surface area contributed by atoms with Gasteiger partial charge in [0.1, 0.15) is 11.9 Å². The first kappa shape index (κ1) is 21.2. The predicted octanol–water partition coefficient (Wildman–Crippen LogP) is -0.438. The van der Waals surface area contributed by atoms with Crippen LogP contribution in [0.3, 0.4) is 0 Å². The van der Waals surface area contributed by atoms with Crippen LogP contribution >= 0.6 is 0 Å². The van der Waals surface area contributed by atoms with Crippen molar-refractivity contribution in [3.8, 4) is 0 Å². The maximum atomic E-state index is 12.4. The molecule has 2 unspecified atom stereocenters. The number of hydrogen-bond acceptors (Lipinski definition) is 6. The normalized spacial score (nSPS) is 17.0. The molecule has 2 atom stereocenters. The third kappa shape index (κ3) is 3.75. The topological polar surface area (TPSA) is 108 Å². The van der Waals surface area contributed by atoms with Crippen molar-refractivity contribution in [1.82, 2.24) is 0 Å². The lowest BCUT2D eigenvalue weighted by atomic mass is 9.76. The van der Waals surface area contributed by atoms with Gasteiger partial charge < -0.3 is 25.1 Å². The number of carbonyl (C=O) groups excluding carboxylic acids is 1. The highest BCUT2D eigenvalue weighted by Gasteiger charge is 2.61. The van der Waals surface area contributed by atoms with Crippen LogP contribution in [0.5, 0.6) is 0 Å². The number of ether oxygens (including phenoxy) is 3. The zero-order valence-electron chi connectivity index (χ0n) is 14.6. The van der Waals surface area contributed by atoms with Crippen molar-refractivity contribution >= 4 is 22.0 Å². The van der Waals surface area contributed by atoms with Crippen molar-refractivity contribution < 1.29 is 28.9 Å². The van der Waals surface area contributed by atoms with E-state index in [9.17, 15) is 14.7 Å². The summed E-state index contributed by atoms with van der Waals surface area (Å²) < 4.78 is 16.1. The van der Waals surface area contributed by atoms with E-state index in [0.29, 0.717) is 6.04 Å². The van der Waals surface area contributed by atoms with Gasteiger partial charge in [-0.3, -0.25) is 4.79 Å². The van der Waals surface area contributed by atoms with E-state index in [2.05, 4.69) is 0 Å². The minimum Gasteiger partial charge on any atom is -0.480 e. The Hall–Kier alpha value is -0.803. The Balaban J connectivity index is 6.05. The molecular weight excluding hydrogens is 306 g/mol. The molecule has 0 saturated carbocycles. The second kappa shape index (κ2) is 7.65. The maximum absolute atomic E-state index is 12.4. The smallest absolute Gasteiger partial charge is 0.329 e. The van der Waals surface area contributed by atoms with Crippen molar-refractivity contribution in [1.29, 1.82) is 0 Å². The molecule has 130 valence electrons. The molecule has 0 aliphatic heterocycles. The number of aliphatic carboxylic acids is 1. The highest BCUT2D eigenvalue weighted by atomic mass is 28.1. The molecule has 3 N–H and O–H groups in total. The number of carbonyl (C=O) groups is 2. The van der Waals surface area contributed by atoms with Gasteiger partial charge in [0.15, 0.2) is 5.54 Å². The van der Waals surface area contributed by atoms with Crippen molar-refractivity contribution in [2.75, 3.05) is 21.3 Å². The number of methoxy groups -OCH3 is 3. The van der Waals surface area contributed by atoms with E-state index < -0.39 is 35.2 Å². The van der Waals surface area contributed by atoms with Gasteiger partial charge in [0, 0.05) is 43.4 Å². The lowest BCUT2D eigenvalue weighted by molar-refractivity contribution is -0.292. The monoisotopic (exact) mass is 335 g/mol. The van der Waals surface area contributed by atoms with Gasteiger partial charge in [-0.15, -0.1) is 0 Å². The van der Waals surface area contributed by atoms with Crippen molar-refractivity contribution in [3.63, 3.8) is 0 Å². The highest BCUT2D eigenvalue weighted by molar-refractivity contribution is 6.09. The first-order chi connectivity index (χ1) is 9.96. The van der Waals surface area contributed by atoms with Crippen LogP contribution in [0, 0.1) is 5.41 Å². The van der Waals surface area contributed by atoms with Gasteiger partial charge >= 0.3 is 5.97 Å². The number of rotatable bonds is 9. The number of nitrogens with two attached hydrogens (primary N) is 1. The largest absolute Gasteiger partial charge is 0.480 e. The van der Waals surface area contributed by atoms with Gasteiger partial charge in [-0.2, -0.15) is 0 Å². The minimum atomic E-state index is -2.06. The molecule has 0 aromatic heterocycles. The Morgan fingerprint density at radius 2 is 1.64 bits per heavy atom. The molecular formula is C14H29NO6Si. The molecule has 0 aliphatic rings. The van der Waals surface area contributed by atoms with Crippen molar-refractivity contribution in [2.45, 2.75) is 50.7 Å². The molecule has 0 spiro atoms. The van der Waals surface area contributed by atoms with E-state index in [1.54, 1.807) is 20.8 Å². The van der Waals surface area contributed by atoms with Gasteiger partial charge in [-0.25, -0.2) is 4.79 Å².